The Balaban J connectivity index is 1.61. The van der Waals surface area contributed by atoms with Crippen molar-refractivity contribution in [2.75, 3.05) is 0 Å². The van der Waals surface area contributed by atoms with Crippen molar-refractivity contribution < 1.29 is 23.5 Å². The Kier molecular flexibility index (Phi) is 5.88. The van der Waals surface area contributed by atoms with E-state index in [1.807, 2.05) is 0 Å². The van der Waals surface area contributed by atoms with Crippen LogP contribution < -0.4 is 5.32 Å². The normalized spacial score (nSPS) is 16.5. The third-order valence-corrected chi connectivity index (χ3v) is 5.00. The standard InChI is InChI=1S/C20H23FN2O4/c21-15-8-4-3-7-14(15)16-13-22-18(27-16)10-9-17(24)23-20(19(25)26)11-5-1-2-6-12-20/h3-4,7-8,13H,1-2,5-6,9-12H2,(H,23,24)(H,25,26). The molecule has 1 heterocycles. The van der Waals surface area contributed by atoms with Crippen molar-refractivity contribution in [3.63, 3.8) is 0 Å². The van der Waals surface area contributed by atoms with Gasteiger partial charge in [0.25, 0.3) is 0 Å². The molecule has 0 unspecified atom stereocenters. The lowest BCUT2D eigenvalue weighted by Gasteiger charge is -2.29. The van der Waals surface area contributed by atoms with Crippen molar-refractivity contribution in [3.8, 4) is 11.3 Å². The Morgan fingerprint density at radius 1 is 1.19 bits per heavy atom. The number of carboxylic acids is 1. The van der Waals surface area contributed by atoms with Crippen LogP contribution in [0.2, 0.25) is 0 Å². The van der Waals surface area contributed by atoms with Crippen LogP contribution >= 0.6 is 0 Å². The number of oxazole rings is 1. The maximum Gasteiger partial charge on any atom is 0.329 e. The average Bonchev–Trinajstić information content (AvgIpc) is 2.98. The fourth-order valence-electron chi connectivity index (χ4n) is 3.49. The van der Waals surface area contributed by atoms with Gasteiger partial charge < -0.3 is 14.8 Å². The second-order valence-electron chi connectivity index (χ2n) is 6.95. The Morgan fingerprint density at radius 3 is 2.56 bits per heavy atom. The SMILES string of the molecule is O=C(CCc1ncc(-c2ccccc2F)o1)NC1(C(=O)O)CCCCCC1. The number of carboxylic acid groups (broad SMARTS) is 1. The van der Waals surface area contributed by atoms with Gasteiger partial charge in [0, 0.05) is 12.8 Å². The summed E-state index contributed by atoms with van der Waals surface area (Å²) in [4.78, 5) is 28.2. The summed E-state index contributed by atoms with van der Waals surface area (Å²) in [5, 5.41) is 12.3. The summed E-state index contributed by atoms with van der Waals surface area (Å²) in [6.07, 6.45) is 6.16. The number of hydrogen-bond donors (Lipinski definition) is 2. The number of nitrogens with one attached hydrogen (secondary N) is 1. The molecule has 6 nitrogen and oxygen atoms in total. The van der Waals surface area contributed by atoms with Gasteiger partial charge in [-0.25, -0.2) is 14.2 Å². The summed E-state index contributed by atoms with van der Waals surface area (Å²) in [7, 11) is 0. The van der Waals surface area contributed by atoms with Crippen LogP contribution in [0.1, 0.15) is 50.8 Å². The van der Waals surface area contributed by atoms with Gasteiger partial charge in [0.1, 0.15) is 11.4 Å². The third-order valence-electron chi connectivity index (χ3n) is 5.00. The lowest BCUT2D eigenvalue weighted by atomic mass is 9.90. The highest BCUT2D eigenvalue weighted by atomic mass is 19.1. The van der Waals surface area contributed by atoms with Crippen LogP contribution in [0.4, 0.5) is 4.39 Å². The molecule has 1 saturated carbocycles. The molecule has 144 valence electrons. The van der Waals surface area contributed by atoms with Crippen molar-refractivity contribution in [1.29, 1.82) is 0 Å². The van der Waals surface area contributed by atoms with Crippen LogP contribution in [0.15, 0.2) is 34.9 Å². The number of carbonyl (C=O) groups is 2. The highest BCUT2D eigenvalue weighted by Gasteiger charge is 2.39. The quantitative estimate of drug-likeness (QED) is 0.752. The van der Waals surface area contributed by atoms with Crippen LogP contribution in [0.25, 0.3) is 11.3 Å². The molecule has 1 fully saturated rings. The molecule has 0 aliphatic heterocycles. The Morgan fingerprint density at radius 2 is 1.89 bits per heavy atom. The van der Waals surface area contributed by atoms with E-state index in [0.29, 0.717) is 30.1 Å². The Hall–Kier alpha value is -2.70. The first-order valence-corrected chi connectivity index (χ1v) is 9.24. The number of aryl methyl sites for hydroxylation is 1. The number of hydrogen-bond acceptors (Lipinski definition) is 4. The van der Waals surface area contributed by atoms with E-state index in [1.165, 1.54) is 12.3 Å². The summed E-state index contributed by atoms with van der Waals surface area (Å²) >= 11 is 0. The summed E-state index contributed by atoms with van der Waals surface area (Å²) in [5.74, 6) is -1.11. The van der Waals surface area contributed by atoms with Gasteiger partial charge >= 0.3 is 5.97 Å². The predicted molar refractivity (Wildman–Crippen MR) is 96.4 cm³/mol. The lowest BCUT2D eigenvalue weighted by molar-refractivity contribution is -0.148. The molecule has 0 radical (unpaired) electrons. The fourth-order valence-corrected chi connectivity index (χ4v) is 3.49. The molecule has 1 amide bonds. The van der Waals surface area contributed by atoms with Crippen molar-refractivity contribution in [2.24, 2.45) is 0 Å². The van der Waals surface area contributed by atoms with Crippen molar-refractivity contribution in [1.82, 2.24) is 10.3 Å². The molecule has 1 aliphatic rings. The maximum absolute atomic E-state index is 13.8. The summed E-state index contributed by atoms with van der Waals surface area (Å²) in [6, 6.07) is 6.22. The van der Waals surface area contributed by atoms with Gasteiger partial charge in [0.15, 0.2) is 11.7 Å². The van der Waals surface area contributed by atoms with Gasteiger partial charge in [-0.1, -0.05) is 37.8 Å². The number of amides is 1. The molecule has 7 heteroatoms. The molecular weight excluding hydrogens is 351 g/mol. The average molecular weight is 374 g/mol. The number of carbonyl (C=O) groups excluding carboxylic acids is 1. The van der Waals surface area contributed by atoms with Gasteiger partial charge in [-0.05, 0) is 25.0 Å². The highest BCUT2D eigenvalue weighted by molar-refractivity contribution is 5.87. The van der Waals surface area contributed by atoms with Crippen LogP contribution in [0.3, 0.4) is 0 Å². The summed E-state index contributed by atoms with van der Waals surface area (Å²) in [6.45, 7) is 0. The second-order valence-corrected chi connectivity index (χ2v) is 6.95. The molecule has 27 heavy (non-hydrogen) atoms. The van der Waals surface area contributed by atoms with E-state index < -0.39 is 17.3 Å². The topological polar surface area (TPSA) is 92.4 Å². The van der Waals surface area contributed by atoms with E-state index in [-0.39, 0.29) is 18.7 Å². The van der Waals surface area contributed by atoms with E-state index in [1.54, 1.807) is 18.2 Å². The fraction of sp³-hybridized carbons (Fsp3) is 0.450. The number of halogens is 1. The molecule has 0 atom stereocenters. The molecule has 1 aromatic carbocycles. The van der Waals surface area contributed by atoms with Gasteiger partial charge in [0.2, 0.25) is 5.91 Å². The van der Waals surface area contributed by atoms with Crippen LogP contribution in [0, 0.1) is 5.82 Å². The minimum atomic E-state index is -1.18. The van der Waals surface area contributed by atoms with E-state index in [2.05, 4.69) is 10.3 Å². The number of aliphatic carboxylic acids is 1. The zero-order chi connectivity index (χ0) is 19.3. The number of aromatic nitrogens is 1. The number of benzene rings is 1. The molecule has 2 N–H and O–H groups in total. The smallest absolute Gasteiger partial charge is 0.329 e. The molecule has 2 aromatic rings. The molecule has 0 spiro atoms. The highest BCUT2D eigenvalue weighted by Crippen LogP contribution is 2.28. The first-order valence-electron chi connectivity index (χ1n) is 9.24. The molecule has 0 bridgehead atoms. The van der Waals surface area contributed by atoms with Crippen LogP contribution in [-0.2, 0) is 16.0 Å². The zero-order valence-corrected chi connectivity index (χ0v) is 15.0. The Labute approximate surface area is 156 Å². The van der Waals surface area contributed by atoms with Crippen LogP contribution in [0.5, 0.6) is 0 Å². The molecule has 3 rings (SSSR count). The molecule has 0 saturated heterocycles. The molecule has 1 aliphatic carbocycles. The minimum Gasteiger partial charge on any atom is -0.480 e. The lowest BCUT2D eigenvalue weighted by Crippen LogP contribution is -2.54. The number of rotatable bonds is 6. The van der Waals surface area contributed by atoms with Gasteiger partial charge in [-0.15, -0.1) is 0 Å². The van der Waals surface area contributed by atoms with E-state index in [0.717, 1.165) is 25.7 Å². The van der Waals surface area contributed by atoms with Gasteiger partial charge in [-0.3, -0.25) is 4.79 Å². The zero-order valence-electron chi connectivity index (χ0n) is 15.0. The maximum atomic E-state index is 13.8. The predicted octanol–water partition coefficient (Wildman–Crippen LogP) is 3.71. The monoisotopic (exact) mass is 374 g/mol. The first-order chi connectivity index (χ1) is 13.0. The van der Waals surface area contributed by atoms with Crippen LogP contribution in [-0.4, -0.2) is 27.5 Å². The van der Waals surface area contributed by atoms with Crippen molar-refractivity contribution >= 4 is 11.9 Å². The summed E-state index contributed by atoms with van der Waals surface area (Å²) in [5.41, 5.74) is -0.869. The first kappa shape index (κ1) is 19.1. The largest absolute Gasteiger partial charge is 0.480 e. The van der Waals surface area contributed by atoms with Crippen molar-refractivity contribution in [2.45, 2.75) is 56.9 Å². The van der Waals surface area contributed by atoms with Crippen molar-refractivity contribution in [3.05, 3.63) is 42.2 Å². The Bertz CT molecular complexity index is 810. The molecule has 1 aromatic heterocycles. The van der Waals surface area contributed by atoms with E-state index in [4.69, 9.17) is 4.42 Å². The second kappa shape index (κ2) is 8.33. The van der Waals surface area contributed by atoms with E-state index in [9.17, 15) is 19.1 Å². The van der Waals surface area contributed by atoms with Gasteiger partial charge in [-0.2, -0.15) is 0 Å². The third kappa shape index (κ3) is 4.53. The minimum absolute atomic E-state index is 0.0618. The molecular formula is C20H23FN2O4. The van der Waals surface area contributed by atoms with E-state index >= 15 is 0 Å². The van der Waals surface area contributed by atoms with Gasteiger partial charge in [0.05, 0.1) is 11.8 Å². The number of nitrogens with zero attached hydrogens (tertiary/aromatic N) is 1. The summed E-state index contributed by atoms with van der Waals surface area (Å²) < 4.78 is 19.3.